The maximum absolute atomic E-state index is 10.4. The van der Waals surface area contributed by atoms with Gasteiger partial charge in [0.15, 0.2) is 0 Å². The number of carbonyl (C=O) groups is 2. The normalized spacial score (nSPS) is 10.4. The molecule has 0 unspecified atom stereocenters. The van der Waals surface area contributed by atoms with Crippen LogP contribution in [-0.2, 0) is 9.59 Å². The fourth-order valence-corrected chi connectivity index (χ4v) is 1.37. The summed E-state index contributed by atoms with van der Waals surface area (Å²) in [6, 6.07) is 0. The van der Waals surface area contributed by atoms with Crippen LogP contribution in [0.5, 0.6) is 0 Å². The van der Waals surface area contributed by atoms with Gasteiger partial charge in [0.2, 0.25) is 0 Å². The number of hydrogen-bond acceptors (Lipinski definition) is 5. The second-order valence-corrected chi connectivity index (χ2v) is 2.76. The molecule has 0 aliphatic carbocycles. The quantitative estimate of drug-likeness (QED) is 0.356. The monoisotopic (exact) mass is 234 g/mol. The Hall–Kier alpha value is 1.03. The number of aliphatic carboxylic acids is 2. The van der Waals surface area contributed by atoms with Crippen LogP contribution in [0.15, 0.2) is 10.5 Å². The van der Waals surface area contributed by atoms with Crippen molar-refractivity contribution >= 4 is 23.7 Å². The van der Waals surface area contributed by atoms with Crippen LogP contribution >= 0.6 is 11.8 Å². The fourth-order valence-electron chi connectivity index (χ4n) is 0.727. The molecule has 0 bridgehead atoms. The minimum absolute atomic E-state index is 0. The molecule has 0 atom stereocenters. The van der Waals surface area contributed by atoms with E-state index in [1.165, 1.54) is 6.26 Å². The summed E-state index contributed by atoms with van der Waals surface area (Å²) in [6.45, 7) is 1.55. The molecular formula is C7H8Na2O4S. The third kappa shape index (κ3) is 6.50. The van der Waals surface area contributed by atoms with Crippen molar-refractivity contribution in [2.24, 2.45) is 0 Å². The molecule has 0 spiro atoms. The molecule has 0 radical (unpaired) electrons. The molecule has 0 aromatic carbocycles. The summed E-state index contributed by atoms with van der Waals surface area (Å²) in [5, 5.41) is 20.7. The zero-order valence-electron chi connectivity index (χ0n) is 8.75. The Labute approximate surface area is 131 Å². The van der Waals surface area contributed by atoms with Crippen LogP contribution < -0.4 is 69.3 Å². The predicted molar refractivity (Wildman–Crippen MR) is 40.8 cm³/mol. The first-order valence-corrected chi connectivity index (χ1v) is 4.46. The summed E-state index contributed by atoms with van der Waals surface area (Å²) in [7, 11) is 0. The molecule has 7 heteroatoms. The topological polar surface area (TPSA) is 80.3 Å². The molecule has 0 rings (SSSR count). The van der Waals surface area contributed by atoms with E-state index in [1.54, 1.807) is 6.92 Å². The van der Waals surface area contributed by atoms with Gasteiger partial charge in [0, 0.05) is 4.91 Å². The summed E-state index contributed by atoms with van der Waals surface area (Å²) < 4.78 is 0. The summed E-state index contributed by atoms with van der Waals surface area (Å²) in [6.07, 6.45) is 1.59. The van der Waals surface area contributed by atoms with Crippen LogP contribution in [0.3, 0.4) is 0 Å². The van der Waals surface area contributed by atoms with Crippen molar-refractivity contribution in [3.05, 3.63) is 10.5 Å². The van der Waals surface area contributed by atoms with Crippen LogP contribution in [0.1, 0.15) is 13.3 Å². The largest absolute Gasteiger partial charge is 1.00 e. The molecule has 0 aliphatic rings. The molecule has 0 saturated heterocycles. The number of carboxylic acids is 2. The molecule has 0 aromatic heterocycles. The number of carbonyl (C=O) groups excluding carboxylic acids is 2. The number of hydrogen-bond donors (Lipinski definition) is 0. The van der Waals surface area contributed by atoms with Crippen molar-refractivity contribution in [1.29, 1.82) is 0 Å². The van der Waals surface area contributed by atoms with Gasteiger partial charge in [-0.3, -0.25) is 0 Å². The Kier molecular flexibility index (Phi) is 15.4. The maximum atomic E-state index is 10.4. The first kappa shape index (κ1) is 20.4. The van der Waals surface area contributed by atoms with Gasteiger partial charge in [-0.15, -0.1) is 11.8 Å². The SMILES string of the molecule is CC/C(C(=O)[O-])=C(\SC)C(=O)[O-].[Na+].[Na+]. The Bertz CT molecular complexity index is 216. The van der Waals surface area contributed by atoms with E-state index in [2.05, 4.69) is 0 Å². The number of thioether (sulfide) groups is 1. The van der Waals surface area contributed by atoms with Crippen LogP contribution in [0, 0.1) is 0 Å². The van der Waals surface area contributed by atoms with Crippen LogP contribution in [0.4, 0.5) is 0 Å². The first-order valence-electron chi connectivity index (χ1n) is 3.24. The summed E-state index contributed by atoms with van der Waals surface area (Å²) in [5.74, 6) is -2.92. The van der Waals surface area contributed by atoms with Gasteiger partial charge in [0.05, 0.1) is 11.9 Å². The Morgan fingerprint density at radius 2 is 1.57 bits per heavy atom. The second kappa shape index (κ2) is 10.5. The van der Waals surface area contributed by atoms with E-state index in [-0.39, 0.29) is 76.0 Å². The second-order valence-electron chi connectivity index (χ2n) is 1.94. The smallest absolute Gasteiger partial charge is 0.545 e. The van der Waals surface area contributed by atoms with Gasteiger partial charge < -0.3 is 19.8 Å². The molecule has 0 N–H and O–H groups in total. The van der Waals surface area contributed by atoms with E-state index in [4.69, 9.17) is 0 Å². The minimum Gasteiger partial charge on any atom is -0.545 e. The van der Waals surface area contributed by atoms with Gasteiger partial charge in [0.1, 0.15) is 0 Å². The predicted octanol–water partition coefficient (Wildman–Crippen LogP) is -7.48. The van der Waals surface area contributed by atoms with Gasteiger partial charge in [-0.05, 0) is 18.2 Å². The molecule has 0 heterocycles. The molecule has 68 valence electrons. The molecule has 0 aliphatic heterocycles. The van der Waals surface area contributed by atoms with E-state index in [9.17, 15) is 19.8 Å². The standard InChI is InChI=1S/C7H10O4S.2Na/c1-3-4(6(8)9)5(12-2)7(10)11;;/h3H2,1-2H3,(H,8,9)(H,10,11);;/q;2*+1/p-2/b5-4+;;. The van der Waals surface area contributed by atoms with Crippen molar-refractivity contribution in [2.45, 2.75) is 13.3 Å². The molecular weight excluding hydrogens is 226 g/mol. The fraction of sp³-hybridized carbons (Fsp3) is 0.429. The third-order valence-corrected chi connectivity index (χ3v) is 2.08. The van der Waals surface area contributed by atoms with Crippen LogP contribution in [-0.4, -0.2) is 18.2 Å². The summed E-state index contributed by atoms with van der Waals surface area (Å²) >= 11 is 0.836. The molecule has 0 fully saturated rings. The van der Waals surface area contributed by atoms with Crippen molar-refractivity contribution in [3.63, 3.8) is 0 Å². The summed E-state index contributed by atoms with van der Waals surface area (Å²) in [5.41, 5.74) is -0.220. The third-order valence-electron chi connectivity index (χ3n) is 1.26. The Morgan fingerprint density at radius 3 is 1.64 bits per heavy atom. The molecule has 0 saturated carbocycles. The average Bonchev–Trinajstić information content (AvgIpc) is 1.98. The van der Waals surface area contributed by atoms with Crippen molar-refractivity contribution in [1.82, 2.24) is 0 Å². The number of rotatable bonds is 4. The van der Waals surface area contributed by atoms with E-state index in [1.807, 2.05) is 0 Å². The Balaban J connectivity index is -0.000000605. The van der Waals surface area contributed by atoms with Gasteiger partial charge in [-0.25, -0.2) is 0 Å². The van der Waals surface area contributed by atoms with E-state index in [0.717, 1.165) is 11.8 Å². The maximum Gasteiger partial charge on any atom is 1.00 e. The van der Waals surface area contributed by atoms with Crippen molar-refractivity contribution < 1.29 is 78.9 Å². The van der Waals surface area contributed by atoms with Gasteiger partial charge >= 0.3 is 59.1 Å². The summed E-state index contributed by atoms with van der Waals surface area (Å²) in [4.78, 5) is 20.5. The average molecular weight is 234 g/mol. The van der Waals surface area contributed by atoms with Gasteiger partial charge in [-0.1, -0.05) is 6.92 Å². The minimum atomic E-state index is -1.47. The van der Waals surface area contributed by atoms with E-state index < -0.39 is 11.9 Å². The molecule has 0 amide bonds. The number of carboxylic acid groups (broad SMARTS) is 2. The van der Waals surface area contributed by atoms with Gasteiger partial charge in [-0.2, -0.15) is 0 Å². The van der Waals surface area contributed by atoms with Crippen LogP contribution in [0.25, 0.3) is 0 Å². The zero-order chi connectivity index (χ0) is 9.72. The van der Waals surface area contributed by atoms with Crippen LogP contribution in [0.2, 0.25) is 0 Å². The Morgan fingerprint density at radius 1 is 1.14 bits per heavy atom. The molecule has 14 heavy (non-hydrogen) atoms. The van der Waals surface area contributed by atoms with Gasteiger partial charge in [0.25, 0.3) is 0 Å². The first-order chi connectivity index (χ1) is 5.54. The molecule has 4 nitrogen and oxygen atoms in total. The zero-order valence-corrected chi connectivity index (χ0v) is 13.6. The van der Waals surface area contributed by atoms with Crippen molar-refractivity contribution in [2.75, 3.05) is 6.26 Å². The van der Waals surface area contributed by atoms with E-state index >= 15 is 0 Å². The molecule has 0 aromatic rings. The van der Waals surface area contributed by atoms with Crippen molar-refractivity contribution in [3.8, 4) is 0 Å². The van der Waals surface area contributed by atoms with E-state index in [0.29, 0.717) is 0 Å².